The molecule has 0 radical (unpaired) electrons. The van der Waals surface area contributed by atoms with Crippen LogP contribution in [-0.2, 0) is 0 Å². The Balaban J connectivity index is 2.06. The first-order valence-corrected chi connectivity index (χ1v) is 5.89. The number of hydrogen-bond acceptors (Lipinski definition) is 3. The van der Waals surface area contributed by atoms with Gasteiger partial charge in [0.2, 0.25) is 0 Å². The third-order valence-electron chi connectivity index (χ3n) is 2.93. The maximum atomic E-state index is 11.9. The number of aromatic nitrogens is 2. The van der Waals surface area contributed by atoms with Crippen molar-refractivity contribution in [3.05, 3.63) is 24.0 Å². The molecule has 0 aliphatic heterocycles. The molecular weight excluding hydrogens is 216 g/mol. The number of amides is 1. The van der Waals surface area contributed by atoms with Crippen LogP contribution in [0.15, 0.2) is 12.7 Å². The summed E-state index contributed by atoms with van der Waals surface area (Å²) < 4.78 is 0. The summed E-state index contributed by atoms with van der Waals surface area (Å²) in [6.45, 7) is 5.56. The van der Waals surface area contributed by atoms with Crippen LogP contribution >= 0.6 is 0 Å². The van der Waals surface area contributed by atoms with Crippen LogP contribution in [0.2, 0.25) is 0 Å². The molecule has 4 N–H and O–H groups in total. The van der Waals surface area contributed by atoms with Crippen LogP contribution in [0.3, 0.4) is 0 Å². The van der Waals surface area contributed by atoms with Gasteiger partial charge in [0.1, 0.15) is 0 Å². The number of anilines is 1. The van der Waals surface area contributed by atoms with Gasteiger partial charge in [0.25, 0.3) is 5.91 Å². The molecule has 2 rings (SSSR count). The van der Waals surface area contributed by atoms with Crippen molar-refractivity contribution in [3.63, 3.8) is 0 Å². The minimum Gasteiger partial charge on any atom is -0.395 e. The molecule has 1 aliphatic carbocycles. The number of aromatic amines is 1. The van der Waals surface area contributed by atoms with Crippen LogP contribution in [-0.4, -0.2) is 22.1 Å². The normalized spacial score (nSPS) is 16.5. The SMILES string of the molecule is C=CCC(C)NC(=O)c1n[nH]c(C2CC2)c1N. The molecule has 0 aromatic carbocycles. The third kappa shape index (κ3) is 2.49. The Morgan fingerprint density at radius 1 is 1.76 bits per heavy atom. The highest BCUT2D eigenvalue weighted by Crippen LogP contribution is 2.42. The van der Waals surface area contributed by atoms with Crippen molar-refractivity contribution in [2.45, 2.75) is 38.1 Å². The molecule has 5 nitrogen and oxygen atoms in total. The van der Waals surface area contributed by atoms with Gasteiger partial charge < -0.3 is 11.1 Å². The summed E-state index contributed by atoms with van der Waals surface area (Å²) >= 11 is 0. The maximum Gasteiger partial charge on any atom is 0.274 e. The molecule has 1 fully saturated rings. The van der Waals surface area contributed by atoms with Gasteiger partial charge in [-0.05, 0) is 26.2 Å². The van der Waals surface area contributed by atoms with E-state index in [0.29, 0.717) is 17.3 Å². The minimum atomic E-state index is -0.222. The number of nitrogens with zero attached hydrogens (tertiary/aromatic N) is 1. The fraction of sp³-hybridized carbons (Fsp3) is 0.500. The van der Waals surface area contributed by atoms with Gasteiger partial charge in [-0.25, -0.2) is 0 Å². The fourth-order valence-corrected chi connectivity index (χ4v) is 1.82. The van der Waals surface area contributed by atoms with Crippen molar-refractivity contribution in [2.75, 3.05) is 5.73 Å². The number of rotatable bonds is 5. The van der Waals surface area contributed by atoms with Gasteiger partial charge in [0.05, 0.1) is 11.4 Å². The lowest BCUT2D eigenvalue weighted by Crippen LogP contribution is -2.32. The summed E-state index contributed by atoms with van der Waals surface area (Å²) in [5.74, 6) is 0.245. The zero-order valence-corrected chi connectivity index (χ0v) is 9.99. The van der Waals surface area contributed by atoms with Crippen molar-refractivity contribution >= 4 is 11.6 Å². The predicted molar refractivity (Wildman–Crippen MR) is 66.7 cm³/mol. The van der Waals surface area contributed by atoms with Gasteiger partial charge >= 0.3 is 0 Å². The topological polar surface area (TPSA) is 83.8 Å². The smallest absolute Gasteiger partial charge is 0.274 e. The van der Waals surface area contributed by atoms with E-state index in [4.69, 9.17) is 5.73 Å². The second-order valence-electron chi connectivity index (χ2n) is 4.57. The molecule has 0 saturated heterocycles. The van der Waals surface area contributed by atoms with E-state index in [1.807, 2.05) is 6.92 Å². The molecular formula is C12H18N4O. The molecule has 1 amide bonds. The molecule has 1 atom stereocenters. The molecule has 1 aliphatic rings. The van der Waals surface area contributed by atoms with Crippen LogP contribution in [0.25, 0.3) is 0 Å². The van der Waals surface area contributed by atoms with Gasteiger partial charge in [-0.2, -0.15) is 5.10 Å². The molecule has 5 heteroatoms. The largest absolute Gasteiger partial charge is 0.395 e. The number of nitrogen functional groups attached to an aromatic ring is 1. The van der Waals surface area contributed by atoms with Crippen molar-refractivity contribution in [3.8, 4) is 0 Å². The standard InChI is InChI=1S/C12H18N4O/c1-3-4-7(2)14-12(17)11-9(13)10(15-16-11)8-5-6-8/h3,7-8H,1,4-6,13H2,2H3,(H,14,17)(H,15,16). The number of hydrogen-bond donors (Lipinski definition) is 3. The summed E-state index contributed by atoms with van der Waals surface area (Å²) in [7, 11) is 0. The summed E-state index contributed by atoms with van der Waals surface area (Å²) in [4.78, 5) is 11.9. The van der Waals surface area contributed by atoms with E-state index in [9.17, 15) is 4.79 Å². The zero-order valence-electron chi connectivity index (χ0n) is 9.99. The van der Waals surface area contributed by atoms with Crippen molar-refractivity contribution in [2.24, 2.45) is 0 Å². The Bertz CT molecular complexity index is 434. The molecule has 1 heterocycles. The lowest BCUT2D eigenvalue weighted by Gasteiger charge is -2.10. The number of carbonyl (C=O) groups excluding carboxylic acids is 1. The van der Waals surface area contributed by atoms with Crippen LogP contribution in [0.4, 0.5) is 5.69 Å². The zero-order chi connectivity index (χ0) is 12.4. The lowest BCUT2D eigenvalue weighted by molar-refractivity contribution is 0.0936. The van der Waals surface area contributed by atoms with Crippen LogP contribution < -0.4 is 11.1 Å². The van der Waals surface area contributed by atoms with Gasteiger partial charge in [0.15, 0.2) is 5.69 Å². The molecule has 0 bridgehead atoms. The van der Waals surface area contributed by atoms with Crippen LogP contribution in [0.1, 0.15) is 48.3 Å². The first kappa shape index (κ1) is 11.7. The van der Waals surface area contributed by atoms with Gasteiger partial charge in [-0.15, -0.1) is 6.58 Å². The fourth-order valence-electron chi connectivity index (χ4n) is 1.82. The van der Waals surface area contributed by atoms with Gasteiger partial charge in [-0.1, -0.05) is 6.08 Å². The summed E-state index contributed by atoms with van der Waals surface area (Å²) in [6.07, 6.45) is 4.75. The van der Waals surface area contributed by atoms with E-state index < -0.39 is 0 Å². The van der Waals surface area contributed by atoms with E-state index >= 15 is 0 Å². The quantitative estimate of drug-likeness (QED) is 0.676. The van der Waals surface area contributed by atoms with E-state index in [1.54, 1.807) is 6.08 Å². The molecule has 1 saturated carbocycles. The van der Waals surface area contributed by atoms with Crippen molar-refractivity contribution in [1.29, 1.82) is 0 Å². The molecule has 17 heavy (non-hydrogen) atoms. The Labute approximate surface area is 100 Å². The highest BCUT2D eigenvalue weighted by Gasteiger charge is 2.30. The average Bonchev–Trinajstić information content (AvgIpc) is 3.02. The summed E-state index contributed by atoms with van der Waals surface area (Å²) in [5, 5.41) is 9.71. The Morgan fingerprint density at radius 2 is 2.47 bits per heavy atom. The molecule has 0 spiro atoms. The predicted octanol–water partition coefficient (Wildman–Crippen LogP) is 1.56. The van der Waals surface area contributed by atoms with Crippen molar-refractivity contribution < 1.29 is 4.79 Å². The average molecular weight is 234 g/mol. The molecule has 1 aromatic heterocycles. The first-order valence-electron chi connectivity index (χ1n) is 5.89. The van der Waals surface area contributed by atoms with Gasteiger partial charge in [-0.3, -0.25) is 9.89 Å². The van der Waals surface area contributed by atoms with Crippen molar-refractivity contribution in [1.82, 2.24) is 15.5 Å². The van der Waals surface area contributed by atoms with E-state index in [0.717, 1.165) is 25.0 Å². The van der Waals surface area contributed by atoms with Crippen LogP contribution in [0.5, 0.6) is 0 Å². The summed E-state index contributed by atoms with van der Waals surface area (Å²) in [5.41, 5.74) is 7.63. The molecule has 92 valence electrons. The first-order chi connectivity index (χ1) is 8.13. The highest BCUT2D eigenvalue weighted by atomic mass is 16.2. The Kier molecular flexibility index (Phi) is 3.17. The van der Waals surface area contributed by atoms with Gasteiger partial charge in [0, 0.05) is 12.0 Å². The van der Waals surface area contributed by atoms with E-state index in [2.05, 4.69) is 22.1 Å². The monoisotopic (exact) mass is 234 g/mol. The number of carbonyl (C=O) groups is 1. The van der Waals surface area contributed by atoms with Crippen LogP contribution in [0, 0.1) is 0 Å². The second-order valence-corrected chi connectivity index (χ2v) is 4.57. The molecule has 1 unspecified atom stereocenters. The second kappa shape index (κ2) is 4.61. The lowest BCUT2D eigenvalue weighted by atomic mass is 10.2. The Morgan fingerprint density at radius 3 is 3.06 bits per heavy atom. The maximum absolute atomic E-state index is 11.9. The number of nitrogens with one attached hydrogen (secondary N) is 2. The molecule has 1 aromatic rings. The summed E-state index contributed by atoms with van der Waals surface area (Å²) in [6, 6.07) is 0.0421. The minimum absolute atomic E-state index is 0.0421. The highest BCUT2D eigenvalue weighted by molar-refractivity contribution is 5.97. The Hall–Kier alpha value is -1.78. The third-order valence-corrected chi connectivity index (χ3v) is 2.93. The van der Waals surface area contributed by atoms with E-state index in [1.165, 1.54) is 0 Å². The number of nitrogens with two attached hydrogens (primary N) is 1. The number of H-pyrrole nitrogens is 1. The van der Waals surface area contributed by atoms with E-state index in [-0.39, 0.29) is 11.9 Å².